The van der Waals surface area contributed by atoms with Crippen molar-refractivity contribution in [1.29, 1.82) is 0 Å². The first-order chi connectivity index (χ1) is 13.9. The quantitative estimate of drug-likeness (QED) is 0.600. The Kier molecular flexibility index (Phi) is 7.70. The van der Waals surface area contributed by atoms with Crippen molar-refractivity contribution in [3.8, 4) is 0 Å². The molecule has 29 heavy (non-hydrogen) atoms. The number of nitrogens with one attached hydrogen (secondary N) is 1. The lowest BCUT2D eigenvalue weighted by Crippen LogP contribution is -2.42. The van der Waals surface area contributed by atoms with Crippen LogP contribution < -0.4 is 5.32 Å². The number of carbonyl (C=O) groups is 1. The zero-order valence-corrected chi connectivity index (χ0v) is 18.8. The Morgan fingerprint density at radius 3 is 2.59 bits per heavy atom. The highest BCUT2D eigenvalue weighted by Gasteiger charge is 2.28. The van der Waals surface area contributed by atoms with Gasteiger partial charge in [-0.1, -0.05) is 45.7 Å². The van der Waals surface area contributed by atoms with E-state index in [4.69, 9.17) is 16.3 Å². The number of nitrogens with zero attached hydrogens (tertiary/aromatic N) is 1. The van der Waals surface area contributed by atoms with E-state index in [9.17, 15) is 13.2 Å². The molecule has 0 aromatic heterocycles. The molecule has 0 bridgehead atoms. The van der Waals surface area contributed by atoms with Gasteiger partial charge in [0.2, 0.25) is 15.9 Å². The van der Waals surface area contributed by atoms with Crippen LogP contribution >= 0.6 is 27.5 Å². The third-order valence-corrected chi connectivity index (χ3v) is 7.33. The van der Waals surface area contributed by atoms with Crippen molar-refractivity contribution in [2.24, 2.45) is 0 Å². The monoisotopic (exact) mass is 500 g/mol. The van der Waals surface area contributed by atoms with E-state index >= 15 is 0 Å². The highest BCUT2D eigenvalue weighted by Crippen LogP contribution is 2.23. The van der Waals surface area contributed by atoms with Crippen LogP contribution in [0.4, 0.5) is 0 Å². The number of rotatable bonds is 8. The highest BCUT2D eigenvalue weighted by molar-refractivity contribution is 9.10. The second-order valence-electron chi connectivity index (χ2n) is 6.76. The van der Waals surface area contributed by atoms with E-state index in [-0.39, 0.29) is 30.0 Å². The van der Waals surface area contributed by atoms with Gasteiger partial charge in [0.1, 0.15) is 0 Å². The zero-order valence-electron chi connectivity index (χ0n) is 15.7. The molecule has 1 fully saturated rings. The number of hydrogen-bond donors (Lipinski definition) is 1. The standard InChI is InChI=1S/C20H22BrClN2O4S/c21-16-7-9-18(10-8-16)29(26,27)24(13-15-4-1-2-6-19(15)22)14-20(25)23-12-17-5-3-11-28-17/h1-2,4,6-10,17H,3,5,11-14H2,(H,23,25)/t17-/m0/s1. The lowest BCUT2D eigenvalue weighted by Gasteiger charge is -2.23. The lowest BCUT2D eigenvalue weighted by molar-refractivity contribution is -0.121. The highest BCUT2D eigenvalue weighted by atomic mass is 79.9. The predicted molar refractivity (Wildman–Crippen MR) is 115 cm³/mol. The molecule has 0 spiro atoms. The predicted octanol–water partition coefficient (Wildman–Crippen LogP) is 3.59. The molecule has 1 amide bonds. The number of carbonyl (C=O) groups excluding carboxylic acids is 1. The van der Waals surface area contributed by atoms with Crippen LogP contribution in [0.1, 0.15) is 18.4 Å². The molecular formula is C20H22BrClN2O4S. The molecule has 2 aromatic carbocycles. The summed E-state index contributed by atoms with van der Waals surface area (Å²) in [5, 5.41) is 3.23. The van der Waals surface area contributed by atoms with E-state index in [1.165, 1.54) is 12.1 Å². The normalized spacial score (nSPS) is 16.9. The number of benzene rings is 2. The average molecular weight is 502 g/mol. The van der Waals surface area contributed by atoms with E-state index in [1.807, 2.05) is 0 Å². The van der Waals surface area contributed by atoms with Gasteiger partial charge in [-0.2, -0.15) is 4.31 Å². The Labute approximate surface area is 184 Å². The topological polar surface area (TPSA) is 75.7 Å². The first kappa shape index (κ1) is 22.2. The molecule has 0 aliphatic carbocycles. The maximum Gasteiger partial charge on any atom is 0.243 e. The Balaban J connectivity index is 1.79. The molecule has 6 nitrogen and oxygen atoms in total. The van der Waals surface area contributed by atoms with Gasteiger partial charge in [0.25, 0.3) is 0 Å². The SMILES string of the molecule is O=C(CN(Cc1ccccc1Cl)S(=O)(=O)c1ccc(Br)cc1)NC[C@@H]1CCCO1. The van der Waals surface area contributed by atoms with E-state index in [0.29, 0.717) is 23.7 Å². The van der Waals surface area contributed by atoms with E-state index in [2.05, 4.69) is 21.2 Å². The van der Waals surface area contributed by atoms with Gasteiger partial charge in [0, 0.05) is 29.2 Å². The fourth-order valence-electron chi connectivity index (χ4n) is 3.05. The molecule has 1 atom stereocenters. The molecule has 156 valence electrons. The van der Waals surface area contributed by atoms with Crippen molar-refractivity contribution >= 4 is 43.5 Å². The number of hydrogen-bond acceptors (Lipinski definition) is 4. The first-order valence-electron chi connectivity index (χ1n) is 9.23. The molecule has 9 heteroatoms. The van der Waals surface area contributed by atoms with Crippen molar-refractivity contribution in [2.75, 3.05) is 19.7 Å². The second-order valence-corrected chi connectivity index (χ2v) is 10.0. The Bertz CT molecular complexity index is 947. The van der Waals surface area contributed by atoms with Crippen LogP contribution in [0, 0.1) is 0 Å². The molecule has 1 aliphatic rings. The Morgan fingerprint density at radius 2 is 1.93 bits per heavy atom. The van der Waals surface area contributed by atoms with Gasteiger partial charge in [-0.25, -0.2) is 8.42 Å². The van der Waals surface area contributed by atoms with Gasteiger partial charge < -0.3 is 10.1 Å². The minimum absolute atomic E-state index is 0.00851. The number of amides is 1. The van der Waals surface area contributed by atoms with Crippen LogP contribution in [-0.4, -0.2) is 44.4 Å². The molecule has 0 saturated carbocycles. The molecule has 3 rings (SSSR count). The smallest absolute Gasteiger partial charge is 0.243 e. The summed E-state index contributed by atoms with van der Waals surface area (Å²) in [4.78, 5) is 12.6. The van der Waals surface area contributed by atoms with Gasteiger partial charge >= 0.3 is 0 Å². The summed E-state index contributed by atoms with van der Waals surface area (Å²) in [5.41, 5.74) is 0.627. The first-order valence-corrected chi connectivity index (χ1v) is 11.8. The number of sulfonamides is 1. The van der Waals surface area contributed by atoms with Gasteiger partial charge in [-0.05, 0) is 48.7 Å². The molecule has 1 saturated heterocycles. The van der Waals surface area contributed by atoms with Crippen molar-refractivity contribution in [3.63, 3.8) is 0 Å². The van der Waals surface area contributed by atoms with Crippen LogP contribution in [-0.2, 0) is 26.1 Å². The summed E-state index contributed by atoms with van der Waals surface area (Å²) in [7, 11) is -3.90. The van der Waals surface area contributed by atoms with Gasteiger partial charge in [0.15, 0.2) is 0 Å². The van der Waals surface area contributed by atoms with Crippen molar-refractivity contribution < 1.29 is 17.9 Å². The minimum Gasteiger partial charge on any atom is -0.376 e. The third-order valence-electron chi connectivity index (χ3n) is 4.63. The molecule has 1 aliphatic heterocycles. The van der Waals surface area contributed by atoms with Crippen LogP contribution in [0.25, 0.3) is 0 Å². The molecule has 2 aromatic rings. The van der Waals surface area contributed by atoms with Gasteiger partial charge in [0.05, 0.1) is 17.5 Å². The van der Waals surface area contributed by atoms with Crippen molar-refractivity contribution in [2.45, 2.75) is 30.4 Å². The molecule has 0 radical (unpaired) electrons. The lowest BCUT2D eigenvalue weighted by atomic mass is 10.2. The summed E-state index contributed by atoms with van der Waals surface area (Å²) in [6.07, 6.45) is 1.84. The Hall–Kier alpha value is -1.45. The van der Waals surface area contributed by atoms with Crippen LogP contribution in [0.15, 0.2) is 57.9 Å². The summed E-state index contributed by atoms with van der Waals surface area (Å²) < 4.78 is 33.8. The fraction of sp³-hybridized carbons (Fsp3) is 0.350. The minimum atomic E-state index is -3.90. The van der Waals surface area contributed by atoms with Crippen LogP contribution in [0.2, 0.25) is 5.02 Å². The summed E-state index contributed by atoms with van der Waals surface area (Å²) in [6, 6.07) is 13.3. The summed E-state index contributed by atoms with van der Waals surface area (Å²) in [6.45, 7) is 0.746. The van der Waals surface area contributed by atoms with Crippen LogP contribution in [0.3, 0.4) is 0 Å². The molecular weight excluding hydrogens is 480 g/mol. The maximum atomic E-state index is 13.2. The molecule has 1 heterocycles. The van der Waals surface area contributed by atoms with Crippen molar-refractivity contribution in [3.05, 3.63) is 63.6 Å². The molecule has 0 unspecified atom stereocenters. The van der Waals surface area contributed by atoms with Gasteiger partial charge in [-0.15, -0.1) is 0 Å². The van der Waals surface area contributed by atoms with E-state index < -0.39 is 10.0 Å². The van der Waals surface area contributed by atoms with E-state index in [1.54, 1.807) is 36.4 Å². The third kappa shape index (κ3) is 6.02. The second kappa shape index (κ2) is 10.0. The van der Waals surface area contributed by atoms with Gasteiger partial charge in [-0.3, -0.25) is 4.79 Å². The zero-order chi connectivity index (χ0) is 20.9. The summed E-state index contributed by atoms with van der Waals surface area (Å²) in [5.74, 6) is -0.381. The van der Waals surface area contributed by atoms with Crippen LogP contribution in [0.5, 0.6) is 0 Å². The largest absolute Gasteiger partial charge is 0.376 e. The average Bonchev–Trinajstić information content (AvgIpc) is 3.21. The van der Waals surface area contributed by atoms with Crippen molar-refractivity contribution in [1.82, 2.24) is 9.62 Å². The number of halogens is 2. The fourth-order valence-corrected chi connectivity index (χ4v) is 4.88. The van der Waals surface area contributed by atoms with E-state index in [0.717, 1.165) is 21.6 Å². The number of ether oxygens (including phenoxy) is 1. The molecule has 1 N–H and O–H groups in total. The Morgan fingerprint density at radius 1 is 1.21 bits per heavy atom. The summed E-state index contributed by atoms with van der Waals surface area (Å²) >= 11 is 9.53. The maximum absolute atomic E-state index is 13.2.